The molecule has 1 aliphatic heterocycles. The first kappa shape index (κ1) is 13.1. The van der Waals surface area contributed by atoms with Gasteiger partial charge in [-0.05, 0) is 44.0 Å². The molecule has 5 heteroatoms. The number of amides is 2. The Bertz CT molecular complexity index is 551. The molecule has 0 saturated heterocycles. The topological polar surface area (TPSA) is 46.6 Å². The van der Waals surface area contributed by atoms with E-state index in [1.54, 1.807) is 6.07 Å². The van der Waals surface area contributed by atoms with Crippen LogP contribution in [0.4, 0.5) is 4.79 Å². The number of hydrogen-bond acceptors (Lipinski definition) is 3. The lowest BCUT2D eigenvalue weighted by Crippen LogP contribution is -2.43. The number of hydrogen-bond donors (Lipinski definition) is 0. The first-order valence-corrected chi connectivity index (χ1v) is 6.33. The lowest BCUT2D eigenvalue weighted by molar-refractivity contribution is 0.0559. The third kappa shape index (κ3) is 1.65. The molecule has 1 aromatic carbocycles. The van der Waals surface area contributed by atoms with E-state index in [1.807, 2.05) is 26.8 Å². The zero-order valence-electron chi connectivity index (χ0n) is 10.7. The molecule has 0 bridgehead atoms. The van der Waals surface area contributed by atoms with E-state index in [-0.39, 0.29) is 5.91 Å². The molecule has 0 saturated carbocycles. The number of halogens is 1. The fourth-order valence-electron chi connectivity index (χ4n) is 2.61. The summed E-state index contributed by atoms with van der Waals surface area (Å²) in [6.07, 6.45) is -0.628. The molecule has 0 spiro atoms. The van der Waals surface area contributed by atoms with Crippen LogP contribution in [-0.4, -0.2) is 24.0 Å². The number of methoxy groups -OCH3 is 1. The lowest BCUT2D eigenvalue weighted by Gasteiger charge is -2.30. The molecule has 0 aromatic heterocycles. The number of benzene rings is 1. The van der Waals surface area contributed by atoms with Crippen molar-refractivity contribution >= 4 is 27.9 Å². The van der Waals surface area contributed by atoms with Gasteiger partial charge in [0.25, 0.3) is 5.91 Å². The number of rotatable bonds is 0. The molecule has 0 atom stereocenters. The number of carbonyl (C=O) groups excluding carboxylic acids is 2. The van der Waals surface area contributed by atoms with Gasteiger partial charge in [-0.1, -0.05) is 15.9 Å². The molecule has 0 aliphatic carbocycles. The molecule has 2 rings (SSSR count). The van der Waals surface area contributed by atoms with Gasteiger partial charge in [0.2, 0.25) is 0 Å². The summed E-state index contributed by atoms with van der Waals surface area (Å²) >= 11 is 3.37. The van der Waals surface area contributed by atoms with Gasteiger partial charge in [-0.2, -0.15) is 0 Å². The second-order valence-electron chi connectivity index (χ2n) is 4.81. The fraction of sp³-hybridized carbons (Fsp3) is 0.385. The number of carbonyl (C=O) groups is 2. The van der Waals surface area contributed by atoms with E-state index >= 15 is 0 Å². The normalized spacial score (nSPS) is 16.7. The molecule has 96 valence electrons. The third-order valence-electron chi connectivity index (χ3n) is 3.26. The van der Waals surface area contributed by atoms with Crippen molar-refractivity contribution in [2.75, 3.05) is 7.11 Å². The minimum absolute atomic E-state index is 0.314. The summed E-state index contributed by atoms with van der Waals surface area (Å²) in [4.78, 5) is 25.3. The lowest BCUT2D eigenvalue weighted by atomic mass is 9.90. The minimum Gasteiger partial charge on any atom is -0.452 e. The number of fused-ring (bicyclic) bond motifs is 1. The molecule has 2 amide bonds. The summed E-state index contributed by atoms with van der Waals surface area (Å²) in [5.41, 5.74) is 1.71. The monoisotopic (exact) mass is 311 g/mol. The van der Waals surface area contributed by atoms with Crippen molar-refractivity contribution < 1.29 is 14.3 Å². The summed E-state index contributed by atoms with van der Waals surface area (Å²) in [6, 6.07) is 3.68. The van der Waals surface area contributed by atoms with E-state index in [9.17, 15) is 9.59 Å². The minimum atomic E-state index is -0.690. The molecule has 0 N–H and O–H groups in total. The maximum Gasteiger partial charge on any atom is 0.417 e. The highest BCUT2D eigenvalue weighted by molar-refractivity contribution is 9.10. The van der Waals surface area contributed by atoms with Gasteiger partial charge in [-0.25, -0.2) is 9.69 Å². The van der Waals surface area contributed by atoms with Crippen molar-refractivity contribution in [3.05, 3.63) is 33.3 Å². The Hall–Kier alpha value is -1.36. The quantitative estimate of drug-likeness (QED) is 0.739. The van der Waals surface area contributed by atoms with Crippen molar-refractivity contribution in [1.29, 1.82) is 0 Å². The number of nitrogens with zero attached hydrogens (tertiary/aromatic N) is 1. The van der Waals surface area contributed by atoms with Crippen LogP contribution in [0.3, 0.4) is 0 Å². The van der Waals surface area contributed by atoms with Crippen molar-refractivity contribution in [3.63, 3.8) is 0 Å². The maximum atomic E-state index is 12.3. The van der Waals surface area contributed by atoms with Crippen LogP contribution in [0.15, 0.2) is 16.6 Å². The smallest absolute Gasteiger partial charge is 0.417 e. The van der Waals surface area contributed by atoms with Gasteiger partial charge in [-0.15, -0.1) is 0 Å². The molecule has 0 unspecified atom stereocenters. The van der Waals surface area contributed by atoms with Crippen LogP contribution in [-0.2, 0) is 10.3 Å². The Kier molecular flexibility index (Phi) is 2.97. The molecular weight excluding hydrogens is 298 g/mol. The van der Waals surface area contributed by atoms with Gasteiger partial charge in [0, 0.05) is 10.0 Å². The largest absolute Gasteiger partial charge is 0.452 e. The average molecular weight is 312 g/mol. The molecule has 1 heterocycles. The summed E-state index contributed by atoms with van der Waals surface area (Å²) in [7, 11) is 1.28. The van der Waals surface area contributed by atoms with Crippen molar-refractivity contribution in [3.8, 4) is 0 Å². The highest BCUT2D eigenvalue weighted by Gasteiger charge is 2.48. The van der Waals surface area contributed by atoms with Gasteiger partial charge in [0.1, 0.15) is 0 Å². The van der Waals surface area contributed by atoms with Crippen LogP contribution in [0.25, 0.3) is 0 Å². The Morgan fingerprint density at radius 3 is 2.56 bits per heavy atom. The summed E-state index contributed by atoms with van der Waals surface area (Å²) < 4.78 is 5.52. The first-order valence-electron chi connectivity index (χ1n) is 5.54. The molecule has 4 nitrogen and oxygen atoms in total. The Labute approximate surface area is 114 Å². The number of ether oxygens (including phenoxy) is 1. The predicted octanol–water partition coefficient (Wildman–Crippen LogP) is 3.21. The van der Waals surface area contributed by atoms with Crippen LogP contribution >= 0.6 is 15.9 Å². The molecular formula is C13H14BrNO3. The summed E-state index contributed by atoms with van der Waals surface area (Å²) in [5, 5.41) is 0. The van der Waals surface area contributed by atoms with E-state index in [2.05, 4.69) is 15.9 Å². The molecule has 0 fully saturated rings. The Morgan fingerprint density at radius 1 is 1.39 bits per heavy atom. The first-order chi connectivity index (χ1) is 8.30. The zero-order chi connectivity index (χ0) is 13.7. The predicted molar refractivity (Wildman–Crippen MR) is 70.5 cm³/mol. The van der Waals surface area contributed by atoms with Gasteiger partial charge in [-0.3, -0.25) is 4.79 Å². The second kappa shape index (κ2) is 4.09. The summed E-state index contributed by atoms with van der Waals surface area (Å²) in [5.74, 6) is -0.314. The van der Waals surface area contributed by atoms with E-state index in [0.29, 0.717) is 5.56 Å². The fourth-order valence-corrected chi connectivity index (χ4v) is 3.18. The third-order valence-corrected chi connectivity index (χ3v) is 3.72. The molecule has 18 heavy (non-hydrogen) atoms. The Balaban J connectivity index is 2.68. The van der Waals surface area contributed by atoms with E-state index in [1.165, 1.54) is 7.11 Å². The van der Waals surface area contributed by atoms with E-state index in [4.69, 9.17) is 4.74 Å². The Morgan fingerprint density at radius 2 is 2.00 bits per heavy atom. The van der Waals surface area contributed by atoms with Gasteiger partial charge in [0.15, 0.2) is 0 Å². The standard InChI is InChI=1S/C13H14BrNO3/c1-7-5-8(14)6-9-10(7)13(2,3)15(11(9)16)12(17)18-4/h5-6H,1-4H3. The van der Waals surface area contributed by atoms with E-state index in [0.717, 1.165) is 20.5 Å². The van der Waals surface area contributed by atoms with Crippen LogP contribution < -0.4 is 0 Å². The van der Waals surface area contributed by atoms with Crippen LogP contribution in [0.5, 0.6) is 0 Å². The number of imide groups is 1. The highest BCUT2D eigenvalue weighted by Crippen LogP contribution is 2.42. The second-order valence-corrected chi connectivity index (χ2v) is 5.73. The van der Waals surface area contributed by atoms with Crippen LogP contribution in [0.2, 0.25) is 0 Å². The van der Waals surface area contributed by atoms with Gasteiger partial charge in [0.05, 0.1) is 12.6 Å². The van der Waals surface area contributed by atoms with Gasteiger partial charge >= 0.3 is 6.09 Å². The molecule has 1 aliphatic rings. The van der Waals surface area contributed by atoms with Crippen molar-refractivity contribution in [1.82, 2.24) is 4.90 Å². The number of aryl methyl sites for hydroxylation is 1. The van der Waals surface area contributed by atoms with Crippen LogP contribution in [0.1, 0.15) is 35.3 Å². The van der Waals surface area contributed by atoms with Crippen molar-refractivity contribution in [2.45, 2.75) is 26.3 Å². The van der Waals surface area contributed by atoms with Crippen LogP contribution in [0, 0.1) is 6.92 Å². The zero-order valence-corrected chi connectivity index (χ0v) is 12.3. The highest BCUT2D eigenvalue weighted by atomic mass is 79.9. The molecule has 0 radical (unpaired) electrons. The SMILES string of the molecule is COC(=O)N1C(=O)c2cc(Br)cc(C)c2C1(C)C. The summed E-state index contributed by atoms with van der Waals surface area (Å²) in [6.45, 7) is 5.61. The van der Waals surface area contributed by atoms with Crippen molar-refractivity contribution in [2.24, 2.45) is 0 Å². The maximum absolute atomic E-state index is 12.3. The average Bonchev–Trinajstić information content (AvgIpc) is 2.45. The van der Waals surface area contributed by atoms with E-state index < -0.39 is 11.6 Å². The van der Waals surface area contributed by atoms with Gasteiger partial charge < -0.3 is 4.74 Å². The molecule has 1 aromatic rings.